The molecule has 0 spiro atoms. The Balaban J connectivity index is 2.59. The van der Waals surface area contributed by atoms with Gasteiger partial charge in [0.15, 0.2) is 0 Å². The fraction of sp³-hybridized carbons (Fsp3) is 0.750. The summed E-state index contributed by atoms with van der Waals surface area (Å²) in [7, 11) is 0. The van der Waals surface area contributed by atoms with Crippen LogP contribution < -0.4 is 0 Å². The van der Waals surface area contributed by atoms with E-state index in [2.05, 4.69) is 45.4 Å². The molecule has 19 heavy (non-hydrogen) atoms. The van der Waals surface area contributed by atoms with E-state index >= 15 is 0 Å². The molecule has 1 aliphatic carbocycles. The van der Waals surface area contributed by atoms with Gasteiger partial charge in [-0.15, -0.1) is 0 Å². The first-order valence-electron chi connectivity index (χ1n) is 7.35. The van der Waals surface area contributed by atoms with Gasteiger partial charge in [-0.2, -0.15) is 10.4 Å². The normalized spacial score (nSPS) is 19.3. The second-order valence-corrected chi connectivity index (χ2v) is 6.93. The minimum absolute atomic E-state index is 0.0196. The first-order valence-corrected chi connectivity index (χ1v) is 7.35. The standard InChI is InChI=1S/C16H25N3/c1-11(2)15-14-12(9-10-17)7-6-8-13(14)19(18-15)16(3,4)5/h11-12H,6-9H2,1-5H3. The molecule has 1 aromatic heterocycles. The van der Waals surface area contributed by atoms with Crippen LogP contribution in [-0.2, 0) is 12.0 Å². The minimum Gasteiger partial charge on any atom is -0.264 e. The van der Waals surface area contributed by atoms with Crippen LogP contribution in [0.15, 0.2) is 0 Å². The van der Waals surface area contributed by atoms with Crippen LogP contribution >= 0.6 is 0 Å². The number of rotatable bonds is 2. The van der Waals surface area contributed by atoms with Crippen molar-refractivity contribution in [2.75, 3.05) is 0 Å². The molecule has 1 unspecified atom stereocenters. The monoisotopic (exact) mass is 259 g/mol. The summed E-state index contributed by atoms with van der Waals surface area (Å²) in [4.78, 5) is 0. The van der Waals surface area contributed by atoms with Gasteiger partial charge in [0.2, 0.25) is 0 Å². The molecule has 1 aliphatic rings. The van der Waals surface area contributed by atoms with E-state index in [9.17, 15) is 0 Å². The van der Waals surface area contributed by atoms with E-state index in [-0.39, 0.29) is 5.54 Å². The number of nitrogens with zero attached hydrogens (tertiary/aromatic N) is 3. The fourth-order valence-corrected chi connectivity index (χ4v) is 3.13. The van der Waals surface area contributed by atoms with E-state index in [0.717, 1.165) is 12.8 Å². The molecule has 0 fully saturated rings. The molecule has 2 rings (SSSR count). The lowest BCUT2D eigenvalue weighted by Crippen LogP contribution is -2.26. The molecule has 3 nitrogen and oxygen atoms in total. The second kappa shape index (κ2) is 5.00. The smallest absolute Gasteiger partial charge is 0.0688 e. The number of hydrogen-bond acceptors (Lipinski definition) is 2. The maximum Gasteiger partial charge on any atom is 0.0688 e. The van der Waals surface area contributed by atoms with Crippen LogP contribution in [0.4, 0.5) is 0 Å². The van der Waals surface area contributed by atoms with E-state index in [0.29, 0.717) is 18.3 Å². The highest BCUT2D eigenvalue weighted by atomic mass is 15.3. The Morgan fingerprint density at radius 3 is 2.63 bits per heavy atom. The molecule has 0 N–H and O–H groups in total. The summed E-state index contributed by atoms with van der Waals surface area (Å²) in [5, 5.41) is 14.0. The zero-order valence-electron chi connectivity index (χ0n) is 12.8. The molecule has 1 atom stereocenters. The van der Waals surface area contributed by atoms with E-state index < -0.39 is 0 Å². The largest absolute Gasteiger partial charge is 0.264 e. The van der Waals surface area contributed by atoms with Gasteiger partial charge in [0.1, 0.15) is 0 Å². The SMILES string of the molecule is CC(C)c1nn(C(C)(C)C)c2c1C(CC#N)CCC2. The Kier molecular flexibility index (Phi) is 3.71. The summed E-state index contributed by atoms with van der Waals surface area (Å²) >= 11 is 0. The van der Waals surface area contributed by atoms with Crippen molar-refractivity contribution >= 4 is 0 Å². The lowest BCUT2D eigenvalue weighted by atomic mass is 9.81. The van der Waals surface area contributed by atoms with E-state index in [1.165, 1.54) is 23.4 Å². The van der Waals surface area contributed by atoms with Crippen LogP contribution in [0.2, 0.25) is 0 Å². The van der Waals surface area contributed by atoms with Crippen LogP contribution in [0, 0.1) is 11.3 Å². The van der Waals surface area contributed by atoms with E-state index in [4.69, 9.17) is 10.4 Å². The number of hydrogen-bond donors (Lipinski definition) is 0. The summed E-state index contributed by atoms with van der Waals surface area (Å²) in [6.07, 6.45) is 4.05. The van der Waals surface area contributed by atoms with E-state index in [1.54, 1.807) is 0 Å². The average molecular weight is 259 g/mol. The number of aromatic nitrogens is 2. The van der Waals surface area contributed by atoms with Gasteiger partial charge in [0, 0.05) is 23.6 Å². The van der Waals surface area contributed by atoms with Gasteiger partial charge in [-0.1, -0.05) is 13.8 Å². The third-order valence-electron chi connectivity index (χ3n) is 3.94. The molecular formula is C16H25N3. The molecule has 0 radical (unpaired) electrons. The molecule has 0 aromatic carbocycles. The second-order valence-electron chi connectivity index (χ2n) is 6.93. The fourth-order valence-electron chi connectivity index (χ4n) is 3.13. The first-order chi connectivity index (χ1) is 8.86. The third-order valence-corrected chi connectivity index (χ3v) is 3.94. The predicted octanol–water partition coefficient (Wildman–Crippen LogP) is 4.10. The highest BCUT2D eigenvalue weighted by Gasteiger charge is 2.32. The van der Waals surface area contributed by atoms with Crippen molar-refractivity contribution in [3.63, 3.8) is 0 Å². The Morgan fingerprint density at radius 2 is 2.11 bits per heavy atom. The van der Waals surface area contributed by atoms with Crippen molar-refractivity contribution in [2.24, 2.45) is 0 Å². The maximum atomic E-state index is 9.06. The molecule has 1 aromatic rings. The lowest BCUT2D eigenvalue weighted by Gasteiger charge is -2.27. The van der Waals surface area contributed by atoms with Crippen LogP contribution in [0.5, 0.6) is 0 Å². The van der Waals surface area contributed by atoms with E-state index in [1.807, 2.05) is 0 Å². The Labute approximate surface area is 116 Å². The zero-order valence-corrected chi connectivity index (χ0v) is 12.8. The summed E-state index contributed by atoms with van der Waals surface area (Å²) in [6, 6.07) is 2.36. The minimum atomic E-state index is 0.0196. The van der Waals surface area contributed by atoms with Crippen LogP contribution in [0.3, 0.4) is 0 Å². The molecule has 104 valence electrons. The highest BCUT2D eigenvalue weighted by molar-refractivity contribution is 5.35. The molecule has 0 bridgehead atoms. The quantitative estimate of drug-likeness (QED) is 0.802. The van der Waals surface area contributed by atoms with Crippen molar-refractivity contribution in [1.29, 1.82) is 5.26 Å². The predicted molar refractivity (Wildman–Crippen MR) is 77.2 cm³/mol. The van der Waals surface area contributed by atoms with Gasteiger partial charge in [-0.25, -0.2) is 0 Å². The average Bonchev–Trinajstić information content (AvgIpc) is 2.69. The summed E-state index contributed by atoms with van der Waals surface area (Å²) in [5.74, 6) is 0.818. The van der Waals surface area contributed by atoms with Crippen molar-refractivity contribution in [3.8, 4) is 6.07 Å². The topological polar surface area (TPSA) is 41.6 Å². The molecule has 0 aliphatic heterocycles. The van der Waals surface area contributed by atoms with Gasteiger partial charge in [-0.3, -0.25) is 4.68 Å². The number of fused-ring (bicyclic) bond motifs is 1. The summed E-state index contributed by atoms with van der Waals surface area (Å²) in [5.41, 5.74) is 4.00. The van der Waals surface area contributed by atoms with Crippen molar-refractivity contribution < 1.29 is 0 Å². The molecule has 0 amide bonds. The summed E-state index contributed by atoms with van der Waals surface area (Å²) in [6.45, 7) is 11.0. The van der Waals surface area contributed by atoms with Crippen molar-refractivity contribution in [3.05, 3.63) is 17.0 Å². The van der Waals surface area contributed by atoms with Crippen LogP contribution in [0.25, 0.3) is 0 Å². The molecule has 0 saturated heterocycles. The Bertz CT molecular complexity index is 497. The summed E-state index contributed by atoms with van der Waals surface area (Å²) < 4.78 is 2.21. The molecule has 0 saturated carbocycles. The van der Waals surface area contributed by atoms with Gasteiger partial charge < -0.3 is 0 Å². The van der Waals surface area contributed by atoms with Crippen molar-refractivity contribution in [1.82, 2.24) is 9.78 Å². The zero-order chi connectivity index (χ0) is 14.2. The highest BCUT2D eigenvalue weighted by Crippen LogP contribution is 2.40. The first kappa shape index (κ1) is 14.1. The van der Waals surface area contributed by atoms with Gasteiger partial charge in [0.25, 0.3) is 0 Å². The number of nitriles is 1. The van der Waals surface area contributed by atoms with Crippen LogP contribution in [0.1, 0.15) is 82.7 Å². The maximum absolute atomic E-state index is 9.06. The lowest BCUT2D eigenvalue weighted by molar-refractivity contribution is 0.335. The van der Waals surface area contributed by atoms with Crippen LogP contribution in [-0.4, -0.2) is 9.78 Å². The Hall–Kier alpha value is -1.30. The van der Waals surface area contributed by atoms with Crippen molar-refractivity contribution in [2.45, 2.75) is 77.7 Å². The third kappa shape index (κ3) is 2.54. The molecule has 1 heterocycles. The Morgan fingerprint density at radius 1 is 1.42 bits per heavy atom. The molecule has 3 heteroatoms. The van der Waals surface area contributed by atoms with Gasteiger partial charge in [0.05, 0.1) is 17.3 Å². The van der Waals surface area contributed by atoms with Gasteiger partial charge >= 0.3 is 0 Å². The molecular weight excluding hydrogens is 234 g/mol. The van der Waals surface area contributed by atoms with Gasteiger partial charge in [-0.05, 0) is 46.0 Å².